The SMILES string of the molecule is CC1C=CC(C(=NCc2ccc(-c3ccc4c5ccccc5n(-c5cccc(-c6ccc7c(c6)c6ccccc6n7-c6ccccc6)c5)c4c3)cc2)N=C(N)c2ccccc2)=CC1. The van der Waals surface area contributed by atoms with Gasteiger partial charge in [-0.1, -0.05) is 165 Å². The highest BCUT2D eigenvalue weighted by molar-refractivity contribution is 6.13. The number of nitrogens with zero attached hydrogens (tertiary/aromatic N) is 4. The van der Waals surface area contributed by atoms with Crippen LogP contribution in [0.3, 0.4) is 0 Å². The lowest BCUT2D eigenvalue weighted by Crippen LogP contribution is -2.17. The van der Waals surface area contributed by atoms with E-state index in [1.165, 1.54) is 54.7 Å². The van der Waals surface area contributed by atoms with Crippen LogP contribution in [-0.2, 0) is 6.54 Å². The van der Waals surface area contributed by atoms with E-state index in [1.807, 2.05) is 30.3 Å². The molecule has 5 nitrogen and oxygen atoms in total. The van der Waals surface area contributed by atoms with Gasteiger partial charge in [-0.05, 0) is 94.8 Å². The van der Waals surface area contributed by atoms with Crippen LogP contribution in [0.2, 0.25) is 0 Å². The highest BCUT2D eigenvalue weighted by atomic mass is 15.0. The number of aromatic nitrogens is 2. The third kappa shape index (κ3) is 7.13. The number of nitrogens with two attached hydrogens (primary N) is 1. The lowest BCUT2D eigenvalue weighted by molar-refractivity contribution is 0.734. The molecule has 0 fully saturated rings. The average molecular weight is 812 g/mol. The Hall–Kier alpha value is -8.02. The topological polar surface area (TPSA) is 60.6 Å². The van der Waals surface area contributed by atoms with E-state index >= 15 is 0 Å². The first-order chi connectivity index (χ1) is 31.1. The minimum atomic E-state index is 0.460. The van der Waals surface area contributed by atoms with Gasteiger partial charge < -0.3 is 14.9 Å². The molecule has 0 saturated carbocycles. The Morgan fingerprint density at radius 2 is 1.11 bits per heavy atom. The smallest absolute Gasteiger partial charge is 0.156 e. The summed E-state index contributed by atoms with van der Waals surface area (Å²) in [6, 6.07) is 69.4. The molecule has 0 amide bonds. The fourth-order valence-corrected chi connectivity index (χ4v) is 9.10. The third-order valence-electron chi connectivity index (χ3n) is 12.4. The molecule has 1 aliphatic rings. The van der Waals surface area contributed by atoms with E-state index < -0.39 is 0 Å². The summed E-state index contributed by atoms with van der Waals surface area (Å²) in [4.78, 5) is 9.85. The minimum absolute atomic E-state index is 0.460. The van der Waals surface area contributed by atoms with Gasteiger partial charge in [0.05, 0.1) is 28.6 Å². The van der Waals surface area contributed by atoms with Crippen LogP contribution in [0.4, 0.5) is 0 Å². The van der Waals surface area contributed by atoms with Gasteiger partial charge in [0, 0.05) is 44.1 Å². The van der Waals surface area contributed by atoms with Crippen molar-refractivity contribution < 1.29 is 0 Å². The fraction of sp³-hybridized carbons (Fsp3) is 0.0690. The van der Waals surface area contributed by atoms with E-state index in [9.17, 15) is 0 Å². The zero-order chi connectivity index (χ0) is 42.3. The second-order valence-electron chi connectivity index (χ2n) is 16.5. The van der Waals surface area contributed by atoms with Crippen molar-refractivity contribution in [3.8, 4) is 33.6 Å². The Balaban J connectivity index is 0.937. The molecule has 302 valence electrons. The number of rotatable bonds is 8. The van der Waals surface area contributed by atoms with Crippen molar-refractivity contribution in [3.63, 3.8) is 0 Å². The van der Waals surface area contributed by atoms with Crippen LogP contribution in [-0.4, -0.2) is 20.8 Å². The van der Waals surface area contributed by atoms with Crippen LogP contribution in [0.5, 0.6) is 0 Å². The molecule has 63 heavy (non-hydrogen) atoms. The van der Waals surface area contributed by atoms with Crippen LogP contribution in [0.1, 0.15) is 24.5 Å². The molecule has 1 atom stereocenters. The monoisotopic (exact) mass is 811 g/mol. The predicted octanol–water partition coefficient (Wildman–Crippen LogP) is 14.0. The molecule has 0 spiro atoms. The number of para-hydroxylation sites is 3. The van der Waals surface area contributed by atoms with Gasteiger partial charge in [-0.25, -0.2) is 4.99 Å². The maximum atomic E-state index is 6.50. The summed E-state index contributed by atoms with van der Waals surface area (Å²) >= 11 is 0. The Labute approximate surface area is 367 Å². The Kier molecular flexibility index (Phi) is 9.70. The Morgan fingerprint density at radius 1 is 0.524 bits per heavy atom. The number of benzene rings is 8. The summed E-state index contributed by atoms with van der Waals surface area (Å²) in [5, 5.41) is 4.95. The van der Waals surface area contributed by atoms with Crippen molar-refractivity contribution in [2.24, 2.45) is 21.6 Å². The lowest BCUT2D eigenvalue weighted by Gasteiger charge is -2.13. The van der Waals surface area contributed by atoms with Crippen molar-refractivity contribution in [2.45, 2.75) is 19.9 Å². The van der Waals surface area contributed by atoms with E-state index in [1.54, 1.807) is 0 Å². The summed E-state index contributed by atoms with van der Waals surface area (Å²) in [6.07, 6.45) is 7.50. The van der Waals surface area contributed by atoms with Crippen molar-refractivity contribution >= 4 is 55.3 Å². The van der Waals surface area contributed by atoms with Crippen LogP contribution in [0.15, 0.2) is 228 Å². The zero-order valence-electron chi connectivity index (χ0n) is 35.1. The molecule has 1 aliphatic carbocycles. The fourth-order valence-electron chi connectivity index (χ4n) is 9.10. The maximum Gasteiger partial charge on any atom is 0.156 e. The van der Waals surface area contributed by atoms with Crippen LogP contribution in [0.25, 0.3) is 77.2 Å². The zero-order valence-corrected chi connectivity index (χ0v) is 35.1. The molecule has 2 N–H and O–H groups in total. The van der Waals surface area contributed by atoms with Gasteiger partial charge in [-0.3, -0.25) is 4.99 Å². The highest BCUT2D eigenvalue weighted by Crippen LogP contribution is 2.38. The average Bonchev–Trinajstić information content (AvgIpc) is 3.86. The van der Waals surface area contributed by atoms with Crippen molar-refractivity contribution in [3.05, 3.63) is 229 Å². The Bertz CT molecular complexity index is 3450. The van der Waals surface area contributed by atoms with E-state index in [-0.39, 0.29) is 0 Å². The van der Waals surface area contributed by atoms with Crippen LogP contribution >= 0.6 is 0 Å². The number of aliphatic imine (C=N–C) groups is 2. The van der Waals surface area contributed by atoms with Gasteiger partial charge >= 0.3 is 0 Å². The van der Waals surface area contributed by atoms with E-state index in [2.05, 4.69) is 198 Å². The first-order valence-electron chi connectivity index (χ1n) is 21.7. The number of allylic oxidation sites excluding steroid dienone is 2. The van der Waals surface area contributed by atoms with Crippen molar-refractivity contribution in [1.29, 1.82) is 0 Å². The summed E-state index contributed by atoms with van der Waals surface area (Å²) < 4.78 is 4.78. The summed E-state index contributed by atoms with van der Waals surface area (Å²) in [5.41, 5.74) is 21.2. The van der Waals surface area contributed by atoms with Gasteiger partial charge in [0.2, 0.25) is 0 Å². The number of amidine groups is 2. The number of hydrogen-bond acceptors (Lipinski definition) is 1. The molecular weight excluding hydrogens is 767 g/mol. The molecule has 0 bridgehead atoms. The minimum Gasteiger partial charge on any atom is -0.383 e. The third-order valence-corrected chi connectivity index (χ3v) is 12.4. The number of fused-ring (bicyclic) bond motifs is 6. The molecule has 2 aromatic heterocycles. The first kappa shape index (κ1) is 37.9. The van der Waals surface area contributed by atoms with Crippen molar-refractivity contribution in [1.82, 2.24) is 9.13 Å². The molecule has 0 saturated heterocycles. The highest BCUT2D eigenvalue weighted by Gasteiger charge is 2.17. The predicted molar refractivity (Wildman–Crippen MR) is 265 cm³/mol. The molecule has 11 rings (SSSR count). The van der Waals surface area contributed by atoms with Gasteiger partial charge in [-0.15, -0.1) is 0 Å². The molecule has 0 radical (unpaired) electrons. The normalized spacial score (nSPS) is 14.6. The standard InChI is InChI=1S/C58H45N5/c1-39-23-27-43(28-24-39)58(61-57(59)42-13-4-2-5-14-42)60-38-40-25-29-41(30-26-40)46-31-33-51-49-19-8-10-21-53(49)63(56(51)37-46)48-18-12-15-44(35-48)45-32-34-55-52(36-45)50-20-9-11-22-54(50)62(55)47-16-6-3-7-17-47/h2-23,25-37,39H,24,38H2,1H3,(H2,59,60,61). The lowest BCUT2D eigenvalue weighted by atomic mass is 9.98. The maximum absolute atomic E-state index is 6.50. The molecule has 0 aliphatic heterocycles. The largest absolute Gasteiger partial charge is 0.383 e. The van der Waals surface area contributed by atoms with Crippen LogP contribution in [0, 0.1) is 5.92 Å². The van der Waals surface area contributed by atoms with Crippen LogP contribution < -0.4 is 5.73 Å². The van der Waals surface area contributed by atoms with E-state index in [0.717, 1.165) is 45.6 Å². The van der Waals surface area contributed by atoms with Gasteiger partial charge in [0.25, 0.3) is 0 Å². The summed E-state index contributed by atoms with van der Waals surface area (Å²) in [5.74, 6) is 1.61. The molecule has 5 heteroatoms. The molecule has 1 unspecified atom stereocenters. The summed E-state index contributed by atoms with van der Waals surface area (Å²) in [7, 11) is 0. The molecule has 2 heterocycles. The quantitative estimate of drug-likeness (QED) is 0.121. The first-order valence-corrected chi connectivity index (χ1v) is 21.7. The number of hydrogen-bond donors (Lipinski definition) is 1. The van der Waals surface area contributed by atoms with Gasteiger partial charge in [0.1, 0.15) is 5.84 Å². The van der Waals surface area contributed by atoms with E-state index in [0.29, 0.717) is 24.1 Å². The van der Waals surface area contributed by atoms with E-state index in [4.69, 9.17) is 15.7 Å². The van der Waals surface area contributed by atoms with Crippen molar-refractivity contribution in [2.75, 3.05) is 0 Å². The second-order valence-corrected chi connectivity index (χ2v) is 16.5. The molecule has 10 aromatic rings. The second kappa shape index (κ2) is 16.1. The molecular formula is C58H45N5. The van der Waals surface area contributed by atoms with Gasteiger partial charge in [0.15, 0.2) is 5.84 Å². The Morgan fingerprint density at radius 3 is 1.86 bits per heavy atom. The van der Waals surface area contributed by atoms with Gasteiger partial charge in [-0.2, -0.15) is 0 Å². The molecule has 8 aromatic carbocycles. The summed E-state index contributed by atoms with van der Waals surface area (Å²) in [6.45, 7) is 2.71.